The smallest absolute Gasteiger partial charge is 0.344 e. The SMILES string of the molecule is CCOC(=O)COc1ccc(Br)cc1[C@@H](C)O. The number of halogens is 1. The lowest BCUT2D eigenvalue weighted by Gasteiger charge is -2.13. The number of hydrogen-bond donors (Lipinski definition) is 1. The van der Waals surface area contributed by atoms with Gasteiger partial charge in [0.05, 0.1) is 12.7 Å². The van der Waals surface area contributed by atoms with E-state index in [2.05, 4.69) is 15.9 Å². The highest BCUT2D eigenvalue weighted by Gasteiger charge is 2.11. The van der Waals surface area contributed by atoms with Crippen LogP contribution in [0.15, 0.2) is 22.7 Å². The van der Waals surface area contributed by atoms with E-state index in [4.69, 9.17) is 9.47 Å². The summed E-state index contributed by atoms with van der Waals surface area (Å²) in [5, 5.41) is 9.58. The summed E-state index contributed by atoms with van der Waals surface area (Å²) in [6.07, 6.45) is -0.662. The molecule has 0 aliphatic carbocycles. The molecule has 5 heteroatoms. The van der Waals surface area contributed by atoms with Crippen molar-refractivity contribution >= 4 is 21.9 Å². The second-order valence-corrected chi connectivity index (χ2v) is 4.37. The number of carbonyl (C=O) groups is 1. The Morgan fingerprint density at radius 1 is 1.53 bits per heavy atom. The molecular formula is C12H15BrO4. The molecule has 0 spiro atoms. The molecule has 94 valence electrons. The van der Waals surface area contributed by atoms with E-state index in [1.54, 1.807) is 32.0 Å². The van der Waals surface area contributed by atoms with Crippen LogP contribution in [0.2, 0.25) is 0 Å². The zero-order valence-corrected chi connectivity index (χ0v) is 11.4. The molecule has 0 aromatic heterocycles. The van der Waals surface area contributed by atoms with Crippen molar-refractivity contribution in [3.05, 3.63) is 28.2 Å². The van der Waals surface area contributed by atoms with E-state index in [0.29, 0.717) is 17.9 Å². The first-order chi connectivity index (χ1) is 8.04. The number of carbonyl (C=O) groups excluding carboxylic acids is 1. The molecular weight excluding hydrogens is 288 g/mol. The van der Waals surface area contributed by atoms with Gasteiger partial charge in [-0.25, -0.2) is 4.79 Å². The first-order valence-corrected chi connectivity index (χ1v) is 6.09. The quantitative estimate of drug-likeness (QED) is 0.849. The van der Waals surface area contributed by atoms with Crippen LogP contribution in [0.3, 0.4) is 0 Å². The molecule has 0 saturated carbocycles. The lowest BCUT2D eigenvalue weighted by Crippen LogP contribution is -2.15. The van der Waals surface area contributed by atoms with Gasteiger partial charge in [-0.15, -0.1) is 0 Å². The van der Waals surface area contributed by atoms with Crippen molar-refractivity contribution in [2.45, 2.75) is 20.0 Å². The van der Waals surface area contributed by atoms with Crippen LogP contribution in [0.1, 0.15) is 25.5 Å². The number of hydrogen-bond acceptors (Lipinski definition) is 4. The first kappa shape index (κ1) is 14.0. The van der Waals surface area contributed by atoms with Gasteiger partial charge in [0.2, 0.25) is 0 Å². The van der Waals surface area contributed by atoms with Crippen LogP contribution in [0.4, 0.5) is 0 Å². The summed E-state index contributed by atoms with van der Waals surface area (Å²) in [7, 11) is 0. The Balaban J connectivity index is 2.73. The van der Waals surface area contributed by atoms with Gasteiger partial charge in [0.25, 0.3) is 0 Å². The van der Waals surface area contributed by atoms with Gasteiger partial charge >= 0.3 is 5.97 Å². The van der Waals surface area contributed by atoms with Gasteiger partial charge < -0.3 is 14.6 Å². The molecule has 0 amide bonds. The summed E-state index contributed by atoms with van der Waals surface area (Å²) in [5.41, 5.74) is 0.628. The molecule has 17 heavy (non-hydrogen) atoms. The monoisotopic (exact) mass is 302 g/mol. The molecule has 0 aliphatic heterocycles. The van der Waals surface area contributed by atoms with Crippen molar-refractivity contribution in [2.75, 3.05) is 13.2 Å². The van der Waals surface area contributed by atoms with Crippen molar-refractivity contribution in [3.8, 4) is 5.75 Å². The number of aliphatic hydroxyl groups is 1. The molecule has 0 unspecified atom stereocenters. The van der Waals surface area contributed by atoms with Crippen molar-refractivity contribution in [2.24, 2.45) is 0 Å². The van der Waals surface area contributed by atoms with E-state index < -0.39 is 12.1 Å². The Morgan fingerprint density at radius 3 is 2.82 bits per heavy atom. The Labute approximate surface area is 109 Å². The van der Waals surface area contributed by atoms with E-state index in [9.17, 15) is 9.90 Å². The van der Waals surface area contributed by atoms with Gasteiger partial charge in [0.15, 0.2) is 6.61 Å². The maximum Gasteiger partial charge on any atom is 0.344 e. The molecule has 0 aliphatic rings. The van der Waals surface area contributed by atoms with E-state index in [1.807, 2.05) is 0 Å². The minimum absolute atomic E-state index is 0.158. The molecule has 1 rings (SSSR count). The second-order valence-electron chi connectivity index (χ2n) is 3.45. The summed E-state index contributed by atoms with van der Waals surface area (Å²) in [5.74, 6) is 0.0585. The van der Waals surface area contributed by atoms with Crippen LogP contribution in [0.25, 0.3) is 0 Å². The van der Waals surface area contributed by atoms with E-state index in [1.165, 1.54) is 0 Å². The third-order valence-corrected chi connectivity index (χ3v) is 2.57. The Bertz CT molecular complexity index is 390. The first-order valence-electron chi connectivity index (χ1n) is 5.30. The van der Waals surface area contributed by atoms with Gasteiger partial charge in [0.1, 0.15) is 5.75 Å². The summed E-state index contributed by atoms with van der Waals surface area (Å²) in [6.45, 7) is 3.54. The lowest BCUT2D eigenvalue weighted by molar-refractivity contribution is -0.145. The van der Waals surface area contributed by atoms with Crippen LogP contribution >= 0.6 is 15.9 Å². The highest BCUT2D eigenvalue weighted by molar-refractivity contribution is 9.10. The summed E-state index contributed by atoms with van der Waals surface area (Å²) in [4.78, 5) is 11.1. The zero-order valence-electron chi connectivity index (χ0n) is 9.77. The molecule has 0 saturated heterocycles. The average molecular weight is 303 g/mol. The highest BCUT2D eigenvalue weighted by atomic mass is 79.9. The Hall–Kier alpha value is -1.07. The predicted octanol–water partition coefficient (Wildman–Crippen LogP) is 2.44. The number of aliphatic hydroxyl groups excluding tert-OH is 1. The van der Waals surface area contributed by atoms with Crippen LogP contribution in [-0.2, 0) is 9.53 Å². The predicted molar refractivity (Wildman–Crippen MR) is 66.9 cm³/mol. The summed E-state index contributed by atoms with van der Waals surface area (Å²) < 4.78 is 10.9. The van der Waals surface area contributed by atoms with Gasteiger partial charge in [-0.3, -0.25) is 0 Å². The molecule has 1 aromatic rings. The molecule has 0 bridgehead atoms. The third kappa shape index (κ3) is 4.36. The molecule has 4 nitrogen and oxygen atoms in total. The fourth-order valence-electron chi connectivity index (χ4n) is 1.32. The van der Waals surface area contributed by atoms with E-state index >= 15 is 0 Å². The van der Waals surface area contributed by atoms with Crippen molar-refractivity contribution in [1.29, 1.82) is 0 Å². The third-order valence-electron chi connectivity index (χ3n) is 2.07. The topological polar surface area (TPSA) is 55.8 Å². The Morgan fingerprint density at radius 2 is 2.24 bits per heavy atom. The molecule has 0 fully saturated rings. The second kappa shape index (κ2) is 6.61. The van der Waals surface area contributed by atoms with Gasteiger partial charge in [-0.1, -0.05) is 15.9 Å². The lowest BCUT2D eigenvalue weighted by atomic mass is 10.1. The van der Waals surface area contributed by atoms with Gasteiger partial charge in [0, 0.05) is 10.0 Å². The molecule has 0 heterocycles. The standard InChI is InChI=1S/C12H15BrO4/c1-3-16-12(15)7-17-11-5-4-9(13)6-10(11)8(2)14/h4-6,8,14H,3,7H2,1-2H3/t8-/m1/s1. The minimum atomic E-state index is -0.662. The molecule has 1 N–H and O–H groups in total. The molecule has 1 aromatic carbocycles. The van der Waals surface area contributed by atoms with Gasteiger partial charge in [-0.2, -0.15) is 0 Å². The summed E-state index contributed by atoms with van der Waals surface area (Å²) >= 11 is 3.31. The summed E-state index contributed by atoms with van der Waals surface area (Å²) in [6, 6.07) is 5.24. The number of rotatable bonds is 5. The van der Waals surface area contributed by atoms with Crippen LogP contribution in [0.5, 0.6) is 5.75 Å². The fraction of sp³-hybridized carbons (Fsp3) is 0.417. The number of esters is 1. The van der Waals surface area contributed by atoms with Crippen LogP contribution < -0.4 is 4.74 Å². The Kier molecular flexibility index (Phi) is 5.44. The number of benzene rings is 1. The zero-order chi connectivity index (χ0) is 12.8. The molecule has 1 atom stereocenters. The van der Waals surface area contributed by atoms with Crippen LogP contribution in [-0.4, -0.2) is 24.3 Å². The average Bonchev–Trinajstić information content (AvgIpc) is 2.27. The maximum atomic E-state index is 11.1. The molecule has 0 radical (unpaired) electrons. The minimum Gasteiger partial charge on any atom is -0.482 e. The largest absolute Gasteiger partial charge is 0.482 e. The van der Waals surface area contributed by atoms with Crippen molar-refractivity contribution < 1.29 is 19.4 Å². The number of ether oxygens (including phenoxy) is 2. The van der Waals surface area contributed by atoms with E-state index in [0.717, 1.165) is 4.47 Å². The van der Waals surface area contributed by atoms with Crippen molar-refractivity contribution in [1.82, 2.24) is 0 Å². The normalized spacial score (nSPS) is 12.0. The van der Waals surface area contributed by atoms with Gasteiger partial charge in [-0.05, 0) is 32.0 Å². The van der Waals surface area contributed by atoms with Crippen LogP contribution in [0, 0.1) is 0 Å². The fourth-order valence-corrected chi connectivity index (χ4v) is 1.70. The van der Waals surface area contributed by atoms with E-state index in [-0.39, 0.29) is 6.61 Å². The van der Waals surface area contributed by atoms with Crippen molar-refractivity contribution in [3.63, 3.8) is 0 Å². The maximum absolute atomic E-state index is 11.1. The highest BCUT2D eigenvalue weighted by Crippen LogP contribution is 2.28.